The molecule has 7 heteroatoms. The molecule has 2 aromatic carbocycles. The molecule has 4 N–H and O–H groups in total. The molecule has 1 fully saturated rings. The van der Waals surface area contributed by atoms with Crippen LogP contribution in [0.2, 0.25) is 0 Å². The van der Waals surface area contributed by atoms with Crippen molar-refractivity contribution in [2.75, 3.05) is 24.7 Å². The Kier molecular flexibility index (Phi) is 6.40. The molecular weight excluding hydrogens is 390 g/mol. The number of anilines is 2. The van der Waals surface area contributed by atoms with E-state index in [1.807, 2.05) is 54.6 Å². The minimum Gasteiger partial charge on any atom is -0.497 e. The molecule has 1 aromatic heterocycles. The molecule has 0 saturated heterocycles. The van der Waals surface area contributed by atoms with Gasteiger partial charge in [-0.1, -0.05) is 37.5 Å². The van der Waals surface area contributed by atoms with E-state index in [0.717, 1.165) is 17.0 Å². The zero-order valence-corrected chi connectivity index (χ0v) is 17.8. The van der Waals surface area contributed by atoms with Crippen LogP contribution in [0, 0.1) is 5.92 Å². The van der Waals surface area contributed by atoms with E-state index in [0.29, 0.717) is 29.7 Å². The largest absolute Gasteiger partial charge is 0.497 e. The highest BCUT2D eigenvalue weighted by molar-refractivity contribution is 5.97. The van der Waals surface area contributed by atoms with Gasteiger partial charge in [0.05, 0.1) is 12.8 Å². The van der Waals surface area contributed by atoms with Crippen LogP contribution in [0.3, 0.4) is 0 Å². The molecule has 1 aliphatic carbocycles. The van der Waals surface area contributed by atoms with Crippen molar-refractivity contribution in [2.45, 2.75) is 32.1 Å². The summed E-state index contributed by atoms with van der Waals surface area (Å²) in [4.78, 5) is 12.7. The second kappa shape index (κ2) is 9.55. The first-order chi connectivity index (χ1) is 15.2. The van der Waals surface area contributed by atoms with Crippen LogP contribution in [0.15, 0.2) is 54.6 Å². The highest BCUT2D eigenvalue weighted by Gasteiger charge is 2.21. The number of ether oxygens (including phenoxy) is 1. The molecule has 162 valence electrons. The second-order valence-corrected chi connectivity index (χ2v) is 7.92. The first kappa shape index (κ1) is 20.8. The van der Waals surface area contributed by atoms with E-state index >= 15 is 0 Å². The lowest BCUT2D eigenvalue weighted by atomic mass is 9.89. The molecular formula is C24H29N5O2. The number of amides is 2. The Balaban J connectivity index is 1.60. The molecule has 31 heavy (non-hydrogen) atoms. The fourth-order valence-corrected chi connectivity index (χ4v) is 4.06. The fourth-order valence-electron chi connectivity index (χ4n) is 4.06. The molecule has 7 nitrogen and oxygen atoms in total. The molecule has 0 bridgehead atoms. The minimum atomic E-state index is -0.264. The summed E-state index contributed by atoms with van der Waals surface area (Å²) < 4.78 is 6.91. The summed E-state index contributed by atoms with van der Waals surface area (Å²) in [6.45, 7) is 0.677. The third-order valence-electron chi connectivity index (χ3n) is 5.80. The van der Waals surface area contributed by atoms with Crippen molar-refractivity contribution in [3.63, 3.8) is 0 Å². The van der Waals surface area contributed by atoms with E-state index < -0.39 is 0 Å². The quantitative estimate of drug-likeness (QED) is 0.533. The Morgan fingerprint density at radius 1 is 1.10 bits per heavy atom. The first-order valence-electron chi connectivity index (χ1n) is 10.8. The van der Waals surface area contributed by atoms with Crippen LogP contribution in [0.25, 0.3) is 16.9 Å². The summed E-state index contributed by atoms with van der Waals surface area (Å²) in [5, 5.41) is 10.7. The Morgan fingerprint density at radius 3 is 2.48 bits per heavy atom. The number of hydrogen-bond donors (Lipinski definition) is 3. The van der Waals surface area contributed by atoms with Crippen molar-refractivity contribution in [2.24, 2.45) is 5.92 Å². The summed E-state index contributed by atoms with van der Waals surface area (Å²) in [7, 11) is 1.63. The number of benzene rings is 2. The number of rotatable bonds is 6. The van der Waals surface area contributed by atoms with Crippen LogP contribution in [0.1, 0.15) is 32.1 Å². The Bertz CT molecular complexity index is 1010. The maximum absolute atomic E-state index is 12.7. The fraction of sp³-hybridized carbons (Fsp3) is 0.333. The lowest BCUT2D eigenvalue weighted by Gasteiger charge is -2.21. The van der Waals surface area contributed by atoms with Gasteiger partial charge in [0.25, 0.3) is 0 Å². The molecule has 0 unspecified atom stereocenters. The highest BCUT2D eigenvalue weighted by atomic mass is 16.5. The maximum Gasteiger partial charge on any atom is 0.319 e. The van der Waals surface area contributed by atoms with Crippen LogP contribution < -0.4 is 21.1 Å². The summed E-state index contributed by atoms with van der Waals surface area (Å²) >= 11 is 0. The smallest absolute Gasteiger partial charge is 0.319 e. The van der Waals surface area contributed by atoms with Crippen molar-refractivity contribution in [3.05, 3.63) is 54.6 Å². The molecule has 0 aliphatic heterocycles. The van der Waals surface area contributed by atoms with Gasteiger partial charge in [-0.05, 0) is 55.2 Å². The number of urea groups is 1. The predicted octanol–water partition coefficient (Wildman–Crippen LogP) is 4.83. The predicted molar refractivity (Wildman–Crippen MR) is 124 cm³/mol. The number of carbonyl (C=O) groups is 1. The number of nitrogens with one attached hydrogen (secondary N) is 2. The average molecular weight is 420 g/mol. The topological polar surface area (TPSA) is 94.2 Å². The molecule has 3 aromatic rings. The summed E-state index contributed by atoms with van der Waals surface area (Å²) in [5.74, 6) is 1.67. The molecule has 0 atom stereocenters. The lowest BCUT2D eigenvalue weighted by molar-refractivity contribution is 0.247. The van der Waals surface area contributed by atoms with Gasteiger partial charge in [0.15, 0.2) is 5.82 Å². The lowest BCUT2D eigenvalue weighted by Crippen LogP contribution is -2.34. The number of aromatic nitrogens is 2. The van der Waals surface area contributed by atoms with E-state index in [-0.39, 0.29) is 6.03 Å². The van der Waals surface area contributed by atoms with Crippen molar-refractivity contribution in [1.29, 1.82) is 0 Å². The van der Waals surface area contributed by atoms with Crippen LogP contribution >= 0.6 is 0 Å². The summed E-state index contributed by atoms with van der Waals surface area (Å²) in [6.07, 6.45) is 6.12. The first-order valence-corrected chi connectivity index (χ1v) is 10.8. The standard InChI is InChI=1S/C24H29N5O2/c1-31-20-14-12-18(13-15-20)21-22(23(25)29(28-21)19-10-6-3-7-11-19)27-24(30)26-16-17-8-4-2-5-9-17/h3,6-7,10-15,17H,2,4-5,8-9,16,25H2,1H3,(H2,26,27,30). The zero-order chi connectivity index (χ0) is 21.6. The Labute approximate surface area is 182 Å². The maximum atomic E-state index is 12.7. The van der Waals surface area contributed by atoms with E-state index in [9.17, 15) is 4.79 Å². The Morgan fingerprint density at radius 2 is 1.81 bits per heavy atom. The van der Waals surface area contributed by atoms with Gasteiger partial charge in [0.1, 0.15) is 17.1 Å². The van der Waals surface area contributed by atoms with E-state index in [2.05, 4.69) is 10.6 Å². The van der Waals surface area contributed by atoms with Crippen molar-refractivity contribution < 1.29 is 9.53 Å². The number of carbonyl (C=O) groups excluding carboxylic acids is 1. The highest BCUT2D eigenvalue weighted by Crippen LogP contribution is 2.34. The van der Waals surface area contributed by atoms with Crippen LogP contribution in [0.4, 0.5) is 16.3 Å². The normalized spacial score (nSPS) is 14.2. The number of hydrogen-bond acceptors (Lipinski definition) is 4. The van der Waals surface area contributed by atoms with Gasteiger partial charge in [-0.25, -0.2) is 9.48 Å². The van der Waals surface area contributed by atoms with Crippen molar-refractivity contribution >= 4 is 17.5 Å². The number of para-hydroxylation sites is 1. The van der Waals surface area contributed by atoms with Gasteiger partial charge in [-0.3, -0.25) is 0 Å². The van der Waals surface area contributed by atoms with Gasteiger partial charge in [0.2, 0.25) is 0 Å². The van der Waals surface area contributed by atoms with Gasteiger partial charge < -0.3 is 21.1 Å². The van der Waals surface area contributed by atoms with E-state index in [1.54, 1.807) is 11.8 Å². The van der Waals surface area contributed by atoms with Gasteiger partial charge in [-0.15, -0.1) is 0 Å². The number of methoxy groups -OCH3 is 1. The third kappa shape index (κ3) is 4.82. The third-order valence-corrected chi connectivity index (χ3v) is 5.80. The van der Waals surface area contributed by atoms with Crippen molar-refractivity contribution in [3.8, 4) is 22.7 Å². The number of nitrogens with zero attached hydrogens (tertiary/aromatic N) is 2. The Hall–Kier alpha value is -3.48. The summed E-state index contributed by atoms with van der Waals surface area (Å²) in [5.41, 5.74) is 9.22. The van der Waals surface area contributed by atoms with Crippen LogP contribution in [-0.2, 0) is 0 Å². The van der Waals surface area contributed by atoms with Gasteiger partial charge in [0, 0.05) is 12.1 Å². The zero-order valence-electron chi connectivity index (χ0n) is 17.8. The molecule has 0 spiro atoms. The van der Waals surface area contributed by atoms with Crippen molar-refractivity contribution in [1.82, 2.24) is 15.1 Å². The monoisotopic (exact) mass is 419 g/mol. The van der Waals surface area contributed by atoms with E-state index in [4.69, 9.17) is 15.6 Å². The number of nitrogen functional groups attached to an aromatic ring is 1. The molecule has 1 saturated carbocycles. The molecule has 2 amide bonds. The van der Waals surface area contributed by atoms with Crippen LogP contribution in [0.5, 0.6) is 5.75 Å². The number of nitrogens with two attached hydrogens (primary N) is 1. The van der Waals surface area contributed by atoms with Crippen LogP contribution in [-0.4, -0.2) is 29.5 Å². The molecule has 1 aliphatic rings. The van der Waals surface area contributed by atoms with Gasteiger partial charge in [-0.2, -0.15) is 5.10 Å². The SMILES string of the molecule is COc1ccc(-c2nn(-c3ccccc3)c(N)c2NC(=O)NCC2CCCCC2)cc1. The van der Waals surface area contributed by atoms with E-state index in [1.165, 1.54) is 32.1 Å². The summed E-state index contributed by atoms with van der Waals surface area (Å²) in [6, 6.07) is 16.9. The second-order valence-electron chi connectivity index (χ2n) is 7.92. The molecule has 0 radical (unpaired) electrons. The molecule has 4 rings (SSSR count). The minimum absolute atomic E-state index is 0.264. The average Bonchev–Trinajstić information content (AvgIpc) is 3.15. The molecule has 1 heterocycles. The van der Waals surface area contributed by atoms with Gasteiger partial charge >= 0.3 is 6.03 Å².